The van der Waals surface area contributed by atoms with Gasteiger partial charge in [0, 0.05) is 0 Å². The molecule has 1 aliphatic carbocycles. The van der Waals surface area contributed by atoms with Crippen molar-refractivity contribution < 1.29 is 0 Å². The maximum Gasteiger partial charge on any atom is 0.0921 e. The number of nitrogens with one attached hydrogen (secondary N) is 1. The van der Waals surface area contributed by atoms with E-state index in [0.717, 1.165) is 12.0 Å². The van der Waals surface area contributed by atoms with E-state index in [1.165, 1.54) is 31.7 Å². The monoisotopic (exact) mass is 171 g/mol. The van der Waals surface area contributed by atoms with E-state index in [9.17, 15) is 0 Å². The highest BCUT2D eigenvalue weighted by molar-refractivity contribution is 6.32. The molecule has 0 radical (unpaired) electrons. The number of rotatable bonds is 4. The molecule has 0 spiro atoms. The van der Waals surface area contributed by atoms with Crippen molar-refractivity contribution in [2.24, 2.45) is 5.92 Å². The first-order valence-corrected chi connectivity index (χ1v) is 6.73. The summed E-state index contributed by atoms with van der Waals surface area (Å²) in [6.07, 6.45) is 6.04. The molecule has 0 aromatic heterocycles. The van der Waals surface area contributed by atoms with E-state index in [4.69, 9.17) is 0 Å². The summed E-state index contributed by atoms with van der Waals surface area (Å²) >= 11 is 0. The van der Waals surface area contributed by atoms with Crippen LogP contribution in [0.25, 0.3) is 0 Å². The second kappa shape index (κ2) is 4.94. The van der Waals surface area contributed by atoms with E-state index >= 15 is 0 Å². The molecule has 0 heterocycles. The van der Waals surface area contributed by atoms with Crippen LogP contribution in [0.2, 0.25) is 6.04 Å². The predicted molar refractivity (Wildman–Crippen MR) is 53.6 cm³/mol. The Morgan fingerprint density at radius 1 is 1.36 bits per heavy atom. The molecular weight excluding hydrogens is 150 g/mol. The van der Waals surface area contributed by atoms with Gasteiger partial charge in [0.15, 0.2) is 0 Å². The predicted octanol–water partition coefficient (Wildman–Crippen LogP) is 1.68. The zero-order valence-corrected chi connectivity index (χ0v) is 9.31. The fourth-order valence-electron chi connectivity index (χ4n) is 1.88. The summed E-state index contributed by atoms with van der Waals surface area (Å²) in [4.78, 5) is 3.61. The van der Waals surface area contributed by atoms with E-state index in [-0.39, 0.29) is 9.68 Å². The van der Waals surface area contributed by atoms with Gasteiger partial charge in [-0.25, -0.2) is 0 Å². The van der Waals surface area contributed by atoms with Gasteiger partial charge in [0.1, 0.15) is 0 Å². The van der Waals surface area contributed by atoms with Crippen molar-refractivity contribution in [1.82, 2.24) is 4.98 Å². The third-order valence-corrected chi connectivity index (χ3v) is 4.79. The minimum atomic E-state index is 0.0844. The molecule has 1 aliphatic rings. The lowest BCUT2D eigenvalue weighted by Gasteiger charge is -2.10. The Labute approximate surface area is 72.9 Å². The van der Waals surface area contributed by atoms with Crippen molar-refractivity contribution in [3.63, 3.8) is 0 Å². The lowest BCUT2D eigenvalue weighted by atomic mass is 10.1. The van der Waals surface area contributed by atoms with E-state index in [1.54, 1.807) is 0 Å². The molecule has 0 amide bonds. The molecule has 1 rings (SSSR count). The molecule has 1 fully saturated rings. The van der Waals surface area contributed by atoms with Crippen molar-refractivity contribution in [3.05, 3.63) is 0 Å². The van der Waals surface area contributed by atoms with Gasteiger partial charge in [-0.2, -0.15) is 0 Å². The summed E-state index contributed by atoms with van der Waals surface area (Å²) in [7, 11) is 0.0844. The highest BCUT2D eigenvalue weighted by atomic mass is 28.2. The maximum absolute atomic E-state index is 3.61. The quantitative estimate of drug-likeness (QED) is 0.635. The zero-order chi connectivity index (χ0) is 8.10. The smallest absolute Gasteiger partial charge is 0.0921 e. The second-order valence-corrected chi connectivity index (χ2v) is 5.53. The number of hydrogen-bond acceptors (Lipinski definition) is 1. The second-order valence-electron chi connectivity index (χ2n) is 4.05. The molecule has 1 nitrogen and oxygen atoms in total. The number of hydrogen-bond donors (Lipinski definition) is 1. The highest BCUT2D eigenvalue weighted by Gasteiger charge is 2.14. The molecule has 0 aromatic rings. The summed E-state index contributed by atoms with van der Waals surface area (Å²) < 4.78 is 0. The van der Waals surface area contributed by atoms with Gasteiger partial charge in [0.2, 0.25) is 0 Å². The van der Waals surface area contributed by atoms with Crippen LogP contribution in [-0.4, -0.2) is 15.7 Å². The first-order valence-electron chi connectivity index (χ1n) is 5.02. The summed E-state index contributed by atoms with van der Waals surface area (Å²) in [5.41, 5.74) is 0. The summed E-state index contributed by atoms with van der Waals surface area (Å²) in [6, 6.07) is 2.26. The first kappa shape index (κ1) is 9.27. The minimum absolute atomic E-state index is 0.0844. The average molecular weight is 171 g/mol. The minimum Gasteiger partial charge on any atom is -0.340 e. The van der Waals surface area contributed by atoms with Gasteiger partial charge in [-0.3, -0.25) is 0 Å². The normalized spacial score (nSPS) is 21.0. The van der Waals surface area contributed by atoms with Gasteiger partial charge >= 0.3 is 0 Å². The van der Waals surface area contributed by atoms with Crippen LogP contribution in [0.3, 0.4) is 0 Å². The van der Waals surface area contributed by atoms with Gasteiger partial charge in [-0.1, -0.05) is 39.5 Å². The van der Waals surface area contributed by atoms with Gasteiger partial charge in [0.05, 0.1) is 9.68 Å². The molecule has 2 heteroatoms. The van der Waals surface area contributed by atoms with Gasteiger partial charge < -0.3 is 4.98 Å². The fraction of sp³-hybridized carbons (Fsp3) is 1.00. The Hall–Kier alpha value is 0.177. The van der Waals surface area contributed by atoms with E-state index < -0.39 is 0 Å². The third kappa shape index (κ3) is 3.92. The van der Waals surface area contributed by atoms with Crippen LogP contribution >= 0.6 is 0 Å². The summed E-state index contributed by atoms with van der Waals surface area (Å²) in [5.74, 6) is 1.10. The van der Waals surface area contributed by atoms with Crippen molar-refractivity contribution in [2.45, 2.75) is 51.6 Å². The Bertz CT molecular complexity index is 97.7. The Morgan fingerprint density at radius 2 is 2.00 bits per heavy atom. The first-order chi connectivity index (χ1) is 5.29. The van der Waals surface area contributed by atoms with Crippen LogP contribution in [-0.2, 0) is 0 Å². The Balaban J connectivity index is 1.94. The standard InChI is InChI=1S/C9H21NSi/c1-8(2)10-11-7-9-5-3-4-6-9/h8-10H,3-7,11H2,1-2H3. The van der Waals surface area contributed by atoms with Crippen molar-refractivity contribution in [1.29, 1.82) is 0 Å². The van der Waals surface area contributed by atoms with E-state index in [1.807, 2.05) is 0 Å². The molecule has 11 heavy (non-hydrogen) atoms. The van der Waals surface area contributed by atoms with Crippen molar-refractivity contribution in [2.75, 3.05) is 0 Å². The van der Waals surface area contributed by atoms with Crippen LogP contribution in [0, 0.1) is 5.92 Å². The van der Waals surface area contributed by atoms with Crippen molar-refractivity contribution in [3.8, 4) is 0 Å². The van der Waals surface area contributed by atoms with Crippen LogP contribution < -0.4 is 4.98 Å². The average Bonchev–Trinajstić information content (AvgIpc) is 2.39. The molecular formula is C9H21NSi. The lowest BCUT2D eigenvalue weighted by molar-refractivity contribution is 0.601. The summed E-state index contributed by atoms with van der Waals surface area (Å²) in [6.45, 7) is 4.50. The Kier molecular flexibility index (Phi) is 4.16. The van der Waals surface area contributed by atoms with Crippen molar-refractivity contribution >= 4 is 9.68 Å². The zero-order valence-electron chi connectivity index (χ0n) is 7.90. The van der Waals surface area contributed by atoms with Crippen LogP contribution in [0.4, 0.5) is 0 Å². The lowest BCUT2D eigenvalue weighted by Crippen LogP contribution is -2.27. The molecule has 0 unspecified atom stereocenters. The molecule has 0 bridgehead atoms. The molecule has 66 valence electrons. The third-order valence-electron chi connectivity index (χ3n) is 2.58. The van der Waals surface area contributed by atoms with E-state index in [0.29, 0.717) is 0 Å². The molecule has 1 N–H and O–H groups in total. The molecule has 0 saturated heterocycles. The van der Waals surface area contributed by atoms with Gasteiger partial charge in [-0.15, -0.1) is 0 Å². The molecule has 0 aromatic carbocycles. The van der Waals surface area contributed by atoms with E-state index in [2.05, 4.69) is 18.8 Å². The molecule has 0 aliphatic heterocycles. The molecule has 0 atom stereocenters. The summed E-state index contributed by atoms with van der Waals surface area (Å²) in [5, 5.41) is 0. The Morgan fingerprint density at radius 3 is 2.55 bits per heavy atom. The fourth-order valence-corrected chi connectivity index (χ4v) is 3.60. The van der Waals surface area contributed by atoms with Crippen LogP contribution in [0.1, 0.15) is 39.5 Å². The molecule has 1 saturated carbocycles. The maximum atomic E-state index is 3.61. The van der Waals surface area contributed by atoms with Crippen LogP contribution in [0.5, 0.6) is 0 Å². The van der Waals surface area contributed by atoms with Gasteiger partial charge in [-0.05, 0) is 18.0 Å². The topological polar surface area (TPSA) is 12.0 Å². The van der Waals surface area contributed by atoms with Crippen LogP contribution in [0.15, 0.2) is 0 Å². The SMILES string of the molecule is CC(C)N[SiH2]CC1CCCC1. The largest absolute Gasteiger partial charge is 0.340 e. The van der Waals surface area contributed by atoms with Gasteiger partial charge in [0.25, 0.3) is 0 Å². The highest BCUT2D eigenvalue weighted by Crippen LogP contribution is 2.27.